The smallest absolute Gasteiger partial charge is 0.240 e. The Balaban J connectivity index is 1.43. The average Bonchev–Trinajstić information content (AvgIpc) is 2.75. The number of carbonyl (C=O) groups excluding carboxylic acids is 1. The number of aliphatic hydroxyl groups excluding tert-OH is 1. The van der Waals surface area contributed by atoms with Gasteiger partial charge in [-0.3, -0.25) is 9.69 Å². The topological polar surface area (TPSA) is 117 Å². The summed E-state index contributed by atoms with van der Waals surface area (Å²) in [4.78, 5) is 14.3. The van der Waals surface area contributed by atoms with Gasteiger partial charge in [0, 0.05) is 19.6 Å². The highest BCUT2D eigenvalue weighted by Gasteiger charge is 2.33. The second-order valence-corrected chi connectivity index (χ2v) is 9.84. The van der Waals surface area contributed by atoms with Gasteiger partial charge in [0.1, 0.15) is 0 Å². The fourth-order valence-electron chi connectivity index (χ4n) is 3.85. The molecule has 9 nitrogen and oxygen atoms in total. The Morgan fingerprint density at radius 3 is 2.58 bits per heavy atom. The van der Waals surface area contributed by atoms with Gasteiger partial charge in [0.2, 0.25) is 15.9 Å². The van der Waals surface area contributed by atoms with Crippen LogP contribution >= 0.6 is 0 Å². The Hall–Kier alpha value is -1.56. The van der Waals surface area contributed by atoms with Crippen LogP contribution in [0.1, 0.15) is 24.8 Å². The van der Waals surface area contributed by atoms with Crippen LogP contribution in [0, 0.1) is 6.92 Å². The number of hydrogen-bond acceptors (Lipinski definition) is 7. The lowest BCUT2D eigenvalue weighted by molar-refractivity contribution is -0.123. The van der Waals surface area contributed by atoms with E-state index in [-0.39, 0.29) is 23.5 Å². The van der Waals surface area contributed by atoms with E-state index in [1.54, 1.807) is 24.3 Å². The summed E-state index contributed by atoms with van der Waals surface area (Å²) in [6.45, 7) is 5.28. The molecule has 10 heteroatoms. The molecule has 3 N–H and O–H groups in total. The van der Waals surface area contributed by atoms with Gasteiger partial charge in [0.05, 0.1) is 49.5 Å². The van der Waals surface area contributed by atoms with Gasteiger partial charge in [-0.1, -0.05) is 17.7 Å². The van der Waals surface area contributed by atoms with Gasteiger partial charge in [0.25, 0.3) is 0 Å². The molecule has 0 unspecified atom stereocenters. The Morgan fingerprint density at radius 2 is 1.90 bits per heavy atom. The molecule has 0 aromatic heterocycles. The van der Waals surface area contributed by atoms with E-state index in [1.165, 1.54) is 0 Å². The van der Waals surface area contributed by atoms with E-state index in [0.717, 1.165) is 18.7 Å². The third-order valence-electron chi connectivity index (χ3n) is 5.69. The van der Waals surface area contributed by atoms with Crippen molar-refractivity contribution in [2.45, 2.75) is 49.3 Å². The van der Waals surface area contributed by atoms with Gasteiger partial charge in [-0.05, 0) is 38.3 Å². The highest BCUT2D eigenvalue weighted by molar-refractivity contribution is 7.89. The van der Waals surface area contributed by atoms with E-state index in [4.69, 9.17) is 9.47 Å². The number of amides is 1. The third-order valence-corrected chi connectivity index (χ3v) is 7.20. The van der Waals surface area contributed by atoms with Crippen LogP contribution < -0.4 is 10.0 Å². The number of carbonyl (C=O) groups is 1. The molecule has 0 spiro atoms. The molecule has 31 heavy (non-hydrogen) atoms. The van der Waals surface area contributed by atoms with Crippen molar-refractivity contribution in [2.75, 3.05) is 46.0 Å². The normalized spacial score (nSPS) is 25.3. The Kier molecular flexibility index (Phi) is 8.82. The first-order valence-corrected chi connectivity index (χ1v) is 12.3. The van der Waals surface area contributed by atoms with Crippen LogP contribution in [0.4, 0.5) is 0 Å². The van der Waals surface area contributed by atoms with Gasteiger partial charge in [-0.15, -0.1) is 0 Å². The van der Waals surface area contributed by atoms with Crippen LogP contribution in [0.2, 0.25) is 0 Å². The van der Waals surface area contributed by atoms with Crippen LogP contribution in [0.15, 0.2) is 29.2 Å². The molecule has 2 fully saturated rings. The molecule has 0 radical (unpaired) electrons. The number of aliphatic hydroxyl groups is 1. The van der Waals surface area contributed by atoms with E-state index < -0.39 is 22.2 Å². The standard InChI is InChI=1S/C21H33N3O6S/c1-16-2-5-18(6-3-16)31(27,28)23-19-7-4-17(30-20(19)15-25)8-9-22-21(26)14-24-10-12-29-13-11-24/h2-3,5-6,17,19-20,23,25H,4,7-15H2,1H3,(H,22,26)/t17-,19+,20+/m1/s1. The molecular weight excluding hydrogens is 422 g/mol. The van der Waals surface area contributed by atoms with Crippen LogP contribution in [-0.2, 0) is 24.3 Å². The number of nitrogens with zero attached hydrogens (tertiary/aromatic N) is 1. The summed E-state index contributed by atoms with van der Waals surface area (Å²) in [6.07, 6.45) is 1.06. The molecule has 1 amide bonds. The maximum absolute atomic E-state index is 12.7. The molecule has 0 saturated carbocycles. The van der Waals surface area contributed by atoms with E-state index in [9.17, 15) is 18.3 Å². The van der Waals surface area contributed by atoms with Crippen molar-refractivity contribution in [3.63, 3.8) is 0 Å². The van der Waals surface area contributed by atoms with Crippen LogP contribution in [0.3, 0.4) is 0 Å². The van der Waals surface area contributed by atoms with Gasteiger partial charge in [-0.2, -0.15) is 0 Å². The summed E-state index contributed by atoms with van der Waals surface area (Å²) in [6, 6.07) is 6.14. The number of aryl methyl sites for hydroxylation is 1. The number of morpholine rings is 1. The van der Waals surface area contributed by atoms with Crippen molar-refractivity contribution < 1.29 is 27.8 Å². The van der Waals surface area contributed by atoms with Crippen LogP contribution in [-0.4, -0.2) is 88.6 Å². The first-order chi connectivity index (χ1) is 14.9. The number of rotatable bonds is 9. The Bertz CT molecular complexity index is 811. The molecule has 2 saturated heterocycles. The maximum atomic E-state index is 12.7. The van der Waals surface area contributed by atoms with E-state index in [2.05, 4.69) is 14.9 Å². The molecule has 1 aromatic rings. The zero-order valence-corrected chi connectivity index (χ0v) is 18.8. The number of hydrogen-bond donors (Lipinski definition) is 3. The van der Waals surface area contributed by atoms with Crippen LogP contribution in [0.5, 0.6) is 0 Å². The lowest BCUT2D eigenvalue weighted by atomic mass is 9.98. The molecule has 174 valence electrons. The fourth-order valence-corrected chi connectivity index (χ4v) is 5.15. The first-order valence-electron chi connectivity index (χ1n) is 10.8. The zero-order valence-electron chi connectivity index (χ0n) is 18.0. The molecule has 0 bridgehead atoms. The summed E-state index contributed by atoms with van der Waals surface area (Å²) in [5.41, 5.74) is 0.980. The Labute approximate surface area is 184 Å². The van der Waals surface area contributed by atoms with E-state index in [0.29, 0.717) is 45.6 Å². The van der Waals surface area contributed by atoms with Crippen molar-refractivity contribution in [1.82, 2.24) is 14.9 Å². The lowest BCUT2D eigenvalue weighted by Gasteiger charge is -2.36. The van der Waals surface area contributed by atoms with Gasteiger partial charge >= 0.3 is 0 Å². The van der Waals surface area contributed by atoms with Crippen LogP contribution in [0.25, 0.3) is 0 Å². The van der Waals surface area contributed by atoms with E-state index in [1.807, 2.05) is 6.92 Å². The lowest BCUT2D eigenvalue weighted by Crippen LogP contribution is -2.51. The SMILES string of the molecule is Cc1ccc(S(=O)(=O)N[C@H]2CC[C@H](CCNC(=O)CN3CCOCC3)O[C@H]2CO)cc1. The molecular formula is C21H33N3O6S. The number of ether oxygens (including phenoxy) is 2. The fraction of sp³-hybridized carbons (Fsp3) is 0.667. The minimum Gasteiger partial charge on any atom is -0.394 e. The minimum atomic E-state index is -3.69. The number of sulfonamides is 1. The minimum absolute atomic E-state index is 0.0276. The summed E-state index contributed by atoms with van der Waals surface area (Å²) in [5, 5.41) is 12.6. The molecule has 2 aliphatic rings. The van der Waals surface area contributed by atoms with Gasteiger partial charge in [0.15, 0.2) is 0 Å². The first kappa shape index (κ1) is 24.1. The monoisotopic (exact) mass is 455 g/mol. The molecule has 0 aliphatic carbocycles. The maximum Gasteiger partial charge on any atom is 0.240 e. The summed E-state index contributed by atoms with van der Waals surface area (Å²) < 4.78 is 39.2. The summed E-state index contributed by atoms with van der Waals surface area (Å²) in [5.74, 6) is -0.0276. The largest absolute Gasteiger partial charge is 0.394 e. The zero-order chi connectivity index (χ0) is 22.3. The quantitative estimate of drug-likeness (QED) is 0.481. The van der Waals surface area contributed by atoms with Crippen molar-refractivity contribution in [3.8, 4) is 0 Å². The third kappa shape index (κ3) is 7.23. The van der Waals surface area contributed by atoms with E-state index >= 15 is 0 Å². The molecule has 3 atom stereocenters. The van der Waals surface area contributed by atoms with Crippen molar-refractivity contribution in [3.05, 3.63) is 29.8 Å². The summed E-state index contributed by atoms with van der Waals surface area (Å²) >= 11 is 0. The average molecular weight is 456 g/mol. The van der Waals surface area contributed by atoms with Crippen molar-refractivity contribution >= 4 is 15.9 Å². The van der Waals surface area contributed by atoms with Gasteiger partial charge < -0.3 is 19.9 Å². The highest BCUT2D eigenvalue weighted by Crippen LogP contribution is 2.23. The molecule has 2 heterocycles. The second-order valence-electron chi connectivity index (χ2n) is 8.12. The van der Waals surface area contributed by atoms with Crippen molar-refractivity contribution in [2.24, 2.45) is 0 Å². The molecule has 3 rings (SSSR count). The van der Waals surface area contributed by atoms with Gasteiger partial charge in [-0.25, -0.2) is 13.1 Å². The predicted molar refractivity (Wildman–Crippen MR) is 115 cm³/mol. The van der Waals surface area contributed by atoms with Crippen molar-refractivity contribution in [1.29, 1.82) is 0 Å². The number of benzene rings is 1. The Morgan fingerprint density at radius 1 is 1.19 bits per heavy atom. The second kappa shape index (κ2) is 11.3. The predicted octanol–water partition coefficient (Wildman–Crippen LogP) is 0.0203. The molecule has 1 aromatic carbocycles. The molecule has 2 aliphatic heterocycles. The number of nitrogens with one attached hydrogen (secondary N) is 2. The highest BCUT2D eigenvalue weighted by atomic mass is 32.2. The summed E-state index contributed by atoms with van der Waals surface area (Å²) in [7, 11) is -3.69.